The molecular formula is C14H23N3O. The van der Waals surface area contributed by atoms with E-state index in [1.807, 2.05) is 19.1 Å². The first-order chi connectivity index (χ1) is 8.40. The van der Waals surface area contributed by atoms with Gasteiger partial charge in [-0.2, -0.15) is 0 Å². The van der Waals surface area contributed by atoms with Crippen molar-refractivity contribution in [1.29, 1.82) is 0 Å². The maximum atomic E-state index is 10.9. The van der Waals surface area contributed by atoms with Crippen LogP contribution in [-0.2, 0) is 11.2 Å². The Balaban J connectivity index is 2.61. The first-order valence-corrected chi connectivity index (χ1v) is 6.29. The van der Waals surface area contributed by atoms with Crippen molar-refractivity contribution in [2.45, 2.75) is 38.8 Å². The second kappa shape index (κ2) is 6.52. The Hall–Kier alpha value is -1.39. The molecule has 1 aromatic rings. The van der Waals surface area contributed by atoms with Crippen molar-refractivity contribution in [2.75, 3.05) is 0 Å². The van der Waals surface area contributed by atoms with Crippen LogP contribution in [0.1, 0.15) is 37.4 Å². The molecule has 100 valence electrons. The summed E-state index contributed by atoms with van der Waals surface area (Å²) in [5.41, 5.74) is 19.0. The molecule has 1 amide bonds. The average molecular weight is 249 g/mol. The van der Waals surface area contributed by atoms with E-state index >= 15 is 0 Å². The maximum absolute atomic E-state index is 10.9. The van der Waals surface area contributed by atoms with Crippen LogP contribution in [0, 0.1) is 5.92 Å². The lowest BCUT2D eigenvalue weighted by molar-refractivity contribution is -0.119. The molecule has 4 nitrogen and oxygen atoms in total. The topological polar surface area (TPSA) is 95.1 Å². The molecule has 0 bridgehead atoms. The van der Waals surface area contributed by atoms with E-state index in [2.05, 4.69) is 19.1 Å². The van der Waals surface area contributed by atoms with Crippen LogP contribution in [-0.4, -0.2) is 11.9 Å². The molecule has 6 N–H and O–H groups in total. The van der Waals surface area contributed by atoms with E-state index in [1.54, 1.807) is 0 Å². The Morgan fingerprint density at radius 2 is 1.94 bits per heavy atom. The van der Waals surface area contributed by atoms with Crippen molar-refractivity contribution in [2.24, 2.45) is 23.1 Å². The number of hydrogen-bond acceptors (Lipinski definition) is 3. The summed E-state index contributed by atoms with van der Waals surface area (Å²) in [7, 11) is 0. The van der Waals surface area contributed by atoms with Crippen molar-refractivity contribution in [1.82, 2.24) is 0 Å². The standard InChI is InChI=1S/C14H23N3O/c1-9(7-13(16)14(17)18)6-11-4-3-5-12(8-11)10(2)15/h3-5,8-10,13H,6-7,15-16H2,1-2H3,(H2,17,18)/t9?,10-,13-/m0/s1. The first-order valence-electron chi connectivity index (χ1n) is 6.29. The van der Waals surface area contributed by atoms with Crippen molar-refractivity contribution in [3.63, 3.8) is 0 Å². The van der Waals surface area contributed by atoms with Gasteiger partial charge in [-0.3, -0.25) is 4.79 Å². The van der Waals surface area contributed by atoms with E-state index in [0.717, 1.165) is 12.0 Å². The predicted octanol–water partition coefficient (Wildman–Crippen LogP) is 1.09. The van der Waals surface area contributed by atoms with Gasteiger partial charge in [-0.05, 0) is 36.8 Å². The van der Waals surface area contributed by atoms with Gasteiger partial charge in [0.15, 0.2) is 0 Å². The van der Waals surface area contributed by atoms with Crippen molar-refractivity contribution >= 4 is 5.91 Å². The minimum absolute atomic E-state index is 0.0353. The molecular weight excluding hydrogens is 226 g/mol. The Kier molecular flexibility index (Phi) is 5.31. The predicted molar refractivity (Wildman–Crippen MR) is 73.7 cm³/mol. The van der Waals surface area contributed by atoms with Gasteiger partial charge in [0, 0.05) is 6.04 Å². The molecule has 0 aliphatic heterocycles. The highest BCUT2D eigenvalue weighted by molar-refractivity contribution is 5.79. The Labute approximate surface area is 109 Å². The SMILES string of the molecule is CC(Cc1cccc([C@H](C)N)c1)C[C@H](N)C(N)=O. The molecule has 0 radical (unpaired) electrons. The first kappa shape index (κ1) is 14.7. The van der Waals surface area contributed by atoms with E-state index in [1.165, 1.54) is 5.56 Å². The summed E-state index contributed by atoms with van der Waals surface area (Å²) >= 11 is 0. The molecule has 0 saturated heterocycles. The van der Waals surface area contributed by atoms with Crippen LogP contribution in [0.2, 0.25) is 0 Å². The lowest BCUT2D eigenvalue weighted by atomic mass is 9.93. The van der Waals surface area contributed by atoms with Crippen LogP contribution in [0.25, 0.3) is 0 Å². The lowest BCUT2D eigenvalue weighted by Crippen LogP contribution is -2.37. The normalized spacial score (nSPS) is 16.0. The molecule has 1 aromatic carbocycles. The average Bonchev–Trinajstić information content (AvgIpc) is 2.28. The Morgan fingerprint density at radius 3 is 2.50 bits per heavy atom. The number of amides is 1. The summed E-state index contributed by atoms with van der Waals surface area (Å²) in [6.07, 6.45) is 1.49. The molecule has 0 saturated carbocycles. The van der Waals surface area contributed by atoms with Crippen LogP contribution in [0.3, 0.4) is 0 Å². The van der Waals surface area contributed by atoms with Gasteiger partial charge in [-0.1, -0.05) is 31.2 Å². The Bertz CT molecular complexity index is 404. The number of benzene rings is 1. The zero-order valence-electron chi connectivity index (χ0n) is 11.1. The minimum Gasteiger partial charge on any atom is -0.368 e. The fourth-order valence-corrected chi connectivity index (χ4v) is 2.04. The van der Waals surface area contributed by atoms with E-state index in [-0.39, 0.29) is 6.04 Å². The quantitative estimate of drug-likeness (QED) is 0.704. The summed E-state index contributed by atoms with van der Waals surface area (Å²) in [6, 6.07) is 7.68. The minimum atomic E-state index is -0.559. The fraction of sp³-hybridized carbons (Fsp3) is 0.500. The highest BCUT2D eigenvalue weighted by atomic mass is 16.1. The molecule has 4 heteroatoms. The highest BCUT2D eigenvalue weighted by Gasteiger charge is 2.14. The number of carbonyl (C=O) groups is 1. The molecule has 0 spiro atoms. The monoisotopic (exact) mass is 249 g/mol. The summed E-state index contributed by atoms with van der Waals surface area (Å²) in [6.45, 7) is 4.03. The van der Waals surface area contributed by atoms with Crippen LogP contribution < -0.4 is 17.2 Å². The van der Waals surface area contributed by atoms with Gasteiger partial charge in [-0.25, -0.2) is 0 Å². The largest absolute Gasteiger partial charge is 0.368 e. The number of carbonyl (C=O) groups excluding carboxylic acids is 1. The summed E-state index contributed by atoms with van der Waals surface area (Å²) in [5, 5.41) is 0. The number of nitrogens with two attached hydrogens (primary N) is 3. The van der Waals surface area contributed by atoms with Gasteiger partial charge in [0.25, 0.3) is 0 Å². The second-order valence-electron chi connectivity index (χ2n) is 5.09. The number of rotatable bonds is 6. The van der Waals surface area contributed by atoms with Crippen molar-refractivity contribution < 1.29 is 4.79 Å². The van der Waals surface area contributed by atoms with Gasteiger partial charge in [0.1, 0.15) is 0 Å². The van der Waals surface area contributed by atoms with Gasteiger partial charge in [0.05, 0.1) is 6.04 Å². The molecule has 0 fully saturated rings. The number of primary amides is 1. The smallest absolute Gasteiger partial charge is 0.234 e. The van der Waals surface area contributed by atoms with Crippen LogP contribution in [0.5, 0.6) is 0 Å². The van der Waals surface area contributed by atoms with Gasteiger partial charge < -0.3 is 17.2 Å². The number of hydrogen-bond donors (Lipinski definition) is 3. The fourth-order valence-electron chi connectivity index (χ4n) is 2.04. The lowest BCUT2D eigenvalue weighted by Gasteiger charge is -2.16. The van der Waals surface area contributed by atoms with E-state index in [0.29, 0.717) is 12.3 Å². The summed E-state index contributed by atoms with van der Waals surface area (Å²) < 4.78 is 0. The van der Waals surface area contributed by atoms with Crippen molar-refractivity contribution in [3.05, 3.63) is 35.4 Å². The third kappa shape index (κ3) is 4.47. The Morgan fingerprint density at radius 1 is 1.28 bits per heavy atom. The zero-order valence-corrected chi connectivity index (χ0v) is 11.1. The van der Waals surface area contributed by atoms with E-state index in [9.17, 15) is 4.79 Å². The van der Waals surface area contributed by atoms with Crippen molar-refractivity contribution in [3.8, 4) is 0 Å². The third-order valence-corrected chi connectivity index (χ3v) is 3.08. The van der Waals surface area contributed by atoms with Crippen LogP contribution >= 0.6 is 0 Å². The maximum Gasteiger partial charge on any atom is 0.234 e. The van der Waals surface area contributed by atoms with Gasteiger partial charge >= 0.3 is 0 Å². The van der Waals surface area contributed by atoms with Crippen LogP contribution in [0.15, 0.2) is 24.3 Å². The molecule has 0 aliphatic carbocycles. The molecule has 3 atom stereocenters. The second-order valence-corrected chi connectivity index (χ2v) is 5.09. The summed E-state index contributed by atoms with van der Waals surface area (Å²) in [5.74, 6) is -0.123. The third-order valence-electron chi connectivity index (χ3n) is 3.08. The zero-order chi connectivity index (χ0) is 13.7. The molecule has 18 heavy (non-hydrogen) atoms. The van der Waals surface area contributed by atoms with Crippen LogP contribution in [0.4, 0.5) is 0 Å². The molecule has 1 rings (SSSR count). The molecule has 0 aliphatic rings. The molecule has 0 aromatic heterocycles. The van der Waals surface area contributed by atoms with Gasteiger partial charge in [0.2, 0.25) is 5.91 Å². The summed E-state index contributed by atoms with van der Waals surface area (Å²) in [4.78, 5) is 10.9. The molecule has 0 heterocycles. The van der Waals surface area contributed by atoms with E-state index < -0.39 is 11.9 Å². The van der Waals surface area contributed by atoms with E-state index in [4.69, 9.17) is 17.2 Å². The highest BCUT2D eigenvalue weighted by Crippen LogP contribution is 2.17. The molecule has 1 unspecified atom stereocenters. The van der Waals surface area contributed by atoms with Gasteiger partial charge in [-0.15, -0.1) is 0 Å².